The summed E-state index contributed by atoms with van der Waals surface area (Å²) in [6.07, 6.45) is 1.66. The minimum absolute atomic E-state index is 0.249. The molecule has 0 spiro atoms. The second-order valence-corrected chi connectivity index (χ2v) is 5.98. The number of anilines is 1. The van der Waals surface area contributed by atoms with Crippen LogP contribution in [0.5, 0.6) is 11.5 Å². The van der Waals surface area contributed by atoms with E-state index in [1.165, 1.54) is 0 Å². The van der Waals surface area contributed by atoms with Crippen molar-refractivity contribution in [2.24, 2.45) is 0 Å². The number of ether oxygens (including phenoxy) is 2. The van der Waals surface area contributed by atoms with E-state index in [1.807, 2.05) is 52.0 Å². The average molecular weight is 286 g/mol. The van der Waals surface area contributed by atoms with Crippen LogP contribution < -0.4 is 15.2 Å². The molecule has 1 aromatic heterocycles. The van der Waals surface area contributed by atoms with E-state index in [1.54, 1.807) is 13.3 Å². The van der Waals surface area contributed by atoms with Crippen molar-refractivity contribution in [2.45, 2.75) is 33.3 Å². The Labute approximate surface area is 125 Å². The first kappa shape index (κ1) is 15.2. The van der Waals surface area contributed by atoms with Crippen LogP contribution in [0.25, 0.3) is 11.1 Å². The Morgan fingerprint density at radius 1 is 1.10 bits per heavy atom. The molecule has 0 saturated carbocycles. The van der Waals surface area contributed by atoms with E-state index in [4.69, 9.17) is 15.2 Å². The molecule has 2 N–H and O–H groups in total. The molecule has 1 heterocycles. The standard InChI is InChI=1S/C17H22N2O2/c1-11-15(8-12(18)10-19-11)14-7-6-13(9-16(14)20-5)21-17(2,3)4/h6-10H,18H2,1-5H3. The van der Waals surface area contributed by atoms with Gasteiger partial charge in [-0.1, -0.05) is 0 Å². The number of aromatic nitrogens is 1. The lowest BCUT2D eigenvalue weighted by molar-refractivity contribution is 0.130. The number of pyridine rings is 1. The lowest BCUT2D eigenvalue weighted by Gasteiger charge is -2.22. The maximum absolute atomic E-state index is 5.87. The van der Waals surface area contributed by atoms with Crippen LogP contribution in [0.3, 0.4) is 0 Å². The number of hydrogen-bond acceptors (Lipinski definition) is 4. The van der Waals surface area contributed by atoms with Gasteiger partial charge in [0.1, 0.15) is 17.1 Å². The van der Waals surface area contributed by atoms with Crippen molar-refractivity contribution >= 4 is 5.69 Å². The van der Waals surface area contributed by atoms with Crippen molar-refractivity contribution < 1.29 is 9.47 Å². The van der Waals surface area contributed by atoms with Crippen molar-refractivity contribution in [3.05, 3.63) is 36.2 Å². The maximum Gasteiger partial charge on any atom is 0.130 e. The number of aryl methyl sites for hydroxylation is 1. The molecule has 2 aromatic rings. The van der Waals surface area contributed by atoms with E-state index in [0.29, 0.717) is 5.69 Å². The predicted octanol–water partition coefficient (Wildman–Crippen LogP) is 3.83. The van der Waals surface area contributed by atoms with Crippen LogP contribution in [0.2, 0.25) is 0 Å². The SMILES string of the molecule is COc1cc(OC(C)(C)C)ccc1-c1cc(N)cnc1C. The minimum Gasteiger partial charge on any atom is -0.496 e. The molecule has 0 bridgehead atoms. The van der Waals surface area contributed by atoms with Gasteiger partial charge in [0.05, 0.1) is 19.0 Å². The summed E-state index contributed by atoms with van der Waals surface area (Å²) in [4.78, 5) is 4.30. The molecule has 4 nitrogen and oxygen atoms in total. The molecular formula is C17H22N2O2. The summed E-state index contributed by atoms with van der Waals surface area (Å²) < 4.78 is 11.4. The second-order valence-electron chi connectivity index (χ2n) is 5.98. The Kier molecular flexibility index (Phi) is 4.07. The molecule has 0 unspecified atom stereocenters. The lowest BCUT2D eigenvalue weighted by atomic mass is 10.0. The van der Waals surface area contributed by atoms with Gasteiger partial charge < -0.3 is 15.2 Å². The third-order valence-corrected chi connectivity index (χ3v) is 3.00. The normalized spacial score (nSPS) is 11.3. The largest absolute Gasteiger partial charge is 0.496 e. The van der Waals surface area contributed by atoms with Gasteiger partial charge in [-0.15, -0.1) is 0 Å². The van der Waals surface area contributed by atoms with Crippen molar-refractivity contribution in [3.8, 4) is 22.6 Å². The molecule has 0 fully saturated rings. The van der Waals surface area contributed by atoms with Gasteiger partial charge in [-0.2, -0.15) is 0 Å². The number of hydrogen-bond donors (Lipinski definition) is 1. The molecule has 4 heteroatoms. The Bertz CT molecular complexity index is 646. The van der Waals surface area contributed by atoms with Gasteiger partial charge in [-0.25, -0.2) is 0 Å². The van der Waals surface area contributed by atoms with Crippen LogP contribution in [0.4, 0.5) is 5.69 Å². The molecule has 0 aliphatic heterocycles. The Morgan fingerprint density at radius 3 is 2.43 bits per heavy atom. The Hall–Kier alpha value is -2.23. The first-order valence-electron chi connectivity index (χ1n) is 6.90. The van der Waals surface area contributed by atoms with Gasteiger partial charge in [0.25, 0.3) is 0 Å². The summed E-state index contributed by atoms with van der Waals surface area (Å²) in [7, 11) is 1.65. The van der Waals surface area contributed by atoms with Crippen LogP contribution in [0, 0.1) is 6.92 Å². The fourth-order valence-electron chi connectivity index (χ4n) is 2.13. The third kappa shape index (κ3) is 3.66. The molecule has 21 heavy (non-hydrogen) atoms. The Morgan fingerprint density at radius 2 is 1.81 bits per heavy atom. The quantitative estimate of drug-likeness (QED) is 0.931. The van der Waals surface area contributed by atoms with Crippen molar-refractivity contribution in [3.63, 3.8) is 0 Å². The number of nitrogens with zero attached hydrogens (tertiary/aromatic N) is 1. The second kappa shape index (κ2) is 5.64. The zero-order valence-electron chi connectivity index (χ0n) is 13.2. The molecular weight excluding hydrogens is 264 g/mol. The summed E-state index contributed by atoms with van der Waals surface area (Å²) in [5.74, 6) is 1.52. The van der Waals surface area contributed by atoms with E-state index in [9.17, 15) is 0 Å². The van der Waals surface area contributed by atoms with Gasteiger partial charge in [0.2, 0.25) is 0 Å². The maximum atomic E-state index is 5.87. The molecule has 0 aliphatic carbocycles. The summed E-state index contributed by atoms with van der Waals surface area (Å²) in [5, 5.41) is 0. The average Bonchev–Trinajstić information content (AvgIpc) is 2.40. The zero-order valence-corrected chi connectivity index (χ0v) is 13.2. The van der Waals surface area contributed by atoms with Crippen LogP contribution in [-0.2, 0) is 0 Å². The molecule has 0 saturated heterocycles. The van der Waals surface area contributed by atoms with Gasteiger partial charge in [-0.05, 0) is 45.9 Å². The first-order valence-corrected chi connectivity index (χ1v) is 6.90. The Balaban J connectivity index is 2.48. The number of nitrogens with two attached hydrogens (primary N) is 1. The molecule has 0 aliphatic rings. The molecule has 1 aromatic carbocycles. The lowest BCUT2D eigenvalue weighted by Crippen LogP contribution is -2.22. The van der Waals surface area contributed by atoms with Crippen molar-refractivity contribution in [1.82, 2.24) is 4.98 Å². The fourth-order valence-corrected chi connectivity index (χ4v) is 2.13. The van der Waals surface area contributed by atoms with E-state index < -0.39 is 0 Å². The van der Waals surface area contributed by atoms with Gasteiger partial charge in [0.15, 0.2) is 0 Å². The number of benzene rings is 1. The summed E-state index contributed by atoms with van der Waals surface area (Å²) in [5.41, 5.74) is 9.06. The summed E-state index contributed by atoms with van der Waals surface area (Å²) in [6, 6.07) is 7.71. The number of methoxy groups -OCH3 is 1. The van der Waals surface area contributed by atoms with Crippen molar-refractivity contribution in [1.29, 1.82) is 0 Å². The highest BCUT2D eigenvalue weighted by atomic mass is 16.5. The highest BCUT2D eigenvalue weighted by Gasteiger charge is 2.15. The molecule has 112 valence electrons. The van der Waals surface area contributed by atoms with Gasteiger partial charge in [0, 0.05) is 22.9 Å². The smallest absolute Gasteiger partial charge is 0.130 e. The summed E-state index contributed by atoms with van der Waals surface area (Å²) in [6.45, 7) is 7.99. The molecule has 0 atom stereocenters. The van der Waals surface area contributed by atoms with Crippen molar-refractivity contribution in [2.75, 3.05) is 12.8 Å². The van der Waals surface area contributed by atoms with Gasteiger partial charge in [-0.3, -0.25) is 4.98 Å². The monoisotopic (exact) mass is 286 g/mol. The van der Waals surface area contributed by atoms with Gasteiger partial charge >= 0.3 is 0 Å². The molecule has 0 amide bonds. The van der Waals surface area contributed by atoms with Crippen LogP contribution in [0.15, 0.2) is 30.5 Å². The first-order chi connectivity index (χ1) is 9.80. The summed E-state index contributed by atoms with van der Waals surface area (Å²) >= 11 is 0. The minimum atomic E-state index is -0.249. The highest BCUT2D eigenvalue weighted by Crippen LogP contribution is 2.36. The zero-order chi connectivity index (χ0) is 15.6. The third-order valence-electron chi connectivity index (χ3n) is 3.00. The molecule has 0 radical (unpaired) electrons. The van der Waals surface area contributed by atoms with E-state index in [0.717, 1.165) is 28.3 Å². The van der Waals surface area contributed by atoms with E-state index in [-0.39, 0.29) is 5.60 Å². The molecule has 2 rings (SSSR count). The van der Waals surface area contributed by atoms with E-state index in [2.05, 4.69) is 4.98 Å². The van der Waals surface area contributed by atoms with Crippen LogP contribution in [0.1, 0.15) is 26.5 Å². The van der Waals surface area contributed by atoms with Crippen LogP contribution in [-0.4, -0.2) is 17.7 Å². The van der Waals surface area contributed by atoms with Crippen LogP contribution >= 0.6 is 0 Å². The van der Waals surface area contributed by atoms with E-state index >= 15 is 0 Å². The number of rotatable bonds is 3. The fraction of sp³-hybridized carbons (Fsp3) is 0.353. The predicted molar refractivity (Wildman–Crippen MR) is 85.8 cm³/mol. The highest BCUT2D eigenvalue weighted by molar-refractivity contribution is 5.75. The topological polar surface area (TPSA) is 57.4 Å². The number of nitrogen functional groups attached to an aromatic ring is 1.